The molecule has 0 aromatic heterocycles. The predicted molar refractivity (Wildman–Crippen MR) is 92.8 cm³/mol. The van der Waals surface area contributed by atoms with E-state index >= 15 is 0 Å². The number of hydrogen-bond acceptors (Lipinski definition) is 4. The first kappa shape index (κ1) is 17.9. The Morgan fingerprint density at radius 1 is 1.08 bits per heavy atom. The van der Waals surface area contributed by atoms with Crippen molar-refractivity contribution in [2.75, 3.05) is 13.7 Å². The van der Waals surface area contributed by atoms with Gasteiger partial charge in [-0.25, -0.2) is 17.9 Å². The number of carbonyl (C=O) groups is 1. The summed E-state index contributed by atoms with van der Waals surface area (Å²) in [5.74, 6) is -0.578. The second-order valence-electron chi connectivity index (χ2n) is 5.21. The van der Waals surface area contributed by atoms with E-state index in [0.717, 1.165) is 11.1 Å². The molecule has 2 aromatic rings. The molecule has 24 heavy (non-hydrogen) atoms. The molecule has 0 atom stereocenters. The van der Waals surface area contributed by atoms with E-state index in [1.54, 1.807) is 18.2 Å². The largest absolute Gasteiger partial charge is 0.466 e. The van der Waals surface area contributed by atoms with E-state index in [1.165, 1.54) is 19.2 Å². The smallest absolute Gasteiger partial charge is 0.335 e. The van der Waals surface area contributed by atoms with Crippen molar-refractivity contribution in [1.29, 1.82) is 0 Å². The molecule has 126 valence electrons. The van der Waals surface area contributed by atoms with Gasteiger partial charge < -0.3 is 4.74 Å². The van der Waals surface area contributed by atoms with Gasteiger partial charge in [0.15, 0.2) is 0 Å². The Hall–Kier alpha value is -2.44. The SMILES string of the molecule is COC(=O)/C(=C\c1ccccc1)CNS(=O)(=O)c1ccc(C)cc1. The fraction of sp³-hybridized carbons (Fsp3) is 0.167. The number of benzene rings is 2. The minimum atomic E-state index is -3.70. The van der Waals surface area contributed by atoms with E-state index in [-0.39, 0.29) is 17.0 Å². The van der Waals surface area contributed by atoms with E-state index < -0.39 is 16.0 Å². The second-order valence-corrected chi connectivity index (χ2v) is 6.98. The van der Waals surface area contributed by atoms with Crippen LogP contribution in [0.4, 0.5) is 0 Å². The Bertz CT molecular complexity index is 825. The Balaban J connectivity index is 2.20. The molecule has 0 radical (unpaired) electrons. The lowest BCUT2D eigenvalue weighted by atomic mass is 10.1. The first-order chi connectivity index (χ1) is 11.4. The van der Waals surface area contributed by atoms with Gasteiger partial charge in [-0.3, -0.25) is 0 Å². The zero-order valence-corrected chi connectivity index (χ0v) is 14.3. The highest BCUT2D eigenvalue weighted by atomic mass is 32.2. The number of methoxy groups -OCH3 is 1. The van der Waals surface area contributed by atoms with Crippen molar-refractivity contribution >= 4 is 22.1 Å². The molecule has 0 amide bonds. The Morgan fingerprint density at radius 2 is 1.71 bits per heavy atom. The summed E-state index contributed by atoms with van der Waals surface area (Å²) in [6.45, 7) is 1.72. The molecule has 0 saturated heterocycles. The third-order valence-electron chi connectivity index (χ3n) is 3.37. The van der Waals surface area contributed by atoms with Crippen molar-refractivity contribution in [1.82, 2.24) is 4.72 Å². The van der Waals surface area contributed by atoms with Crippen LogP contribution in [0.15, 0.2) is 65.1 Å². The van der Waals surface area contributed by atoms with Crippen molar-refractivity contribution < 1.29 is 17.9 Å². The van der Waals surface area contributed by atoms with Crippen LogP contribution < -0.4 is 4.72 Å². The molecule has 0 saturated carbocycles. The summed E-state index contributed by atoms with van der Waals surface area (Å²) >= 11 is 0. The lowest BCUT2D eigenvalue weighted by Crippen LogP contribution is -2.28. The fourth-order valence-corrected chi connectivity index (χ4v) is 3.04. The summed E-state index contributed by atoms with van der Waals surface area (Å²) < 4.78 is 31.8. The summed E-state index contributed by atoms with van der Waals surface area (Å²) in [6, 6.07) is 15.6. The van der Waals surface area contributed by atoms with Crippen LogP contribution in [0.2, 0.25) is 0 Å². The molecule has 0 aliphatic carbocycles. The number of aryl methyl sites for hydroxylation is 1. The minimum Gasteiger partial charge on any atom is -0.466 e. The summed E-state index contributed by atoms with van der Waals surface area (Å²) in [5, 5.41) is 0. The summed E-state index contributed by atoms with van der Waals surface area (Å²) in [7, 11) is -2.45. The van der Waals surface area contributed by atoms with Crippen LogP contribution in [0.25, 0.3) is 6.08 Å². The van der Waals surface area contributed by atoms with Crippen LogP contribution in [-0.4, -0.2) is 28.0 Å². The number of nitrogens with one attached hydrogen (secondary N) is 1. The predicted octanol–water partition coefficient (Wildman–Crippen LogP) is 2.53. The van der Waals surface area contributed by atoms with Gasteiger partial charge in [0.05, 0.1) is 17.6 Å². The zero-order chi connectivity index (χ0) is 17.6. The number of rotatable bonds is 6. The van der Waals surface area contributed by atoms with Gasteiger partial charge in [0.1, 0.15) is 0 Å². The average Bonchev–Trinajstić information content (AvgIpc) is 2.59. The van der Waals surface area contributed by atoms with Crippen LogP contribution in [0, 0.1) is 6.92 Å². The van der Waals surface area contributed by atoms with Gasteiger partial charge in [-0.1, -0.05) is 48.0 Å². The van der Waals surface area contributed by atoms with Gasteiger partial charge in [0.2, 0.25) is 10.0 Å². The topological polar surface area (TPSA) is 72.5 Å². The molecular weight excluding hydrogens is 326 g/mol. The number of carbonyl (C=O) groups excluding carboxylic acids is 1. The van der Waals surface area contributed by atoms with Crippen LogP contribution in [-0.2, 0) is 19.6 Å². The van der Waals surface area contributed by atoms with Gasteiger partial charge in [-0.2, -0.15) is 0 Å². The van der Waals surface area contributed by atoms with Crippen LogP contribution in [0.3, 0.4) is 0 Å². The second kappa shape index (κ2) is 7.90. The normalized spacial score (nSPS) is 12.0. The summed E-state index contributed by atoms with van der Waals surface area (Å²) in [5.41, 5.74) is 1.97. The highest BCUT2D eigenvalue weighted by Gasteiger charge is 2.17. The lowest BCUT2D eigenvalue weighted by Gasteiger charge is -2.09. The molecule has 0 bridgehead atoms. The highest BCUT2D eigenvalue weighted by Crippen LogP contribution is 2.12. The van der Waals surface area contributed by atoms with E-state index in [9.17, 15) is 13.2 Å². The number of sulfonamides is 1. The van der Waals surface area contributed by atoms with Crippen LogP contribution in [0.1, 0.15) is 11.1 Å². The Labute approximate surface area is 142 Å². The van der Waals surface area contributed by atoms with E-state index in [1.807, 2.05) is 37.3 Å². The van der Waals surface area contributed by atoms with Gasteiger partial charge in [-0.05, 0) is 30.7 Å². The lowest BCUT2D eigenvalue weighted by molar-refractivity contribution is -0.136. The number of ether oxygens (including phenoxy) is 1. The molecule has 5 nitrogen and oxygen atoms in total. The minimum absolute atomic E-state index is 0.150. The molecular formula is C18H19NO4S. The monoisotopic (exact) mass is 345 g/mol. The first-order valence-corrected chi connectivity index (χ1v) is 8.81. The van der Waals surface area contributed by atoms with Crippen LogP contribution in [0.5, 0.6) is 0 Å². The summed E-state index contributed by atoms with van der Waals surface area (Å²) in [6.07, 6.45) is 1.60. The Kier molecular flexibility index (Phi) is 5.89. The molecule has 0 aliphatic rings. The van der Waals surface area contributed by atoms with E-state index in [0.29, 0.717) is 0 Å². The van der Waals surface area contributed by atoms with Crippen molar-refractivity contribution in [3.8, 4) is 0 Å². The maximum absolute atomic E-state index is 12.3. The molecule has 6 heteroatoms. The third kappa shape index (κ3) is 4.78. The zero-order valence-electron chi connectivity index (χ0n) is 13.5. The molecule has 0 unspecified atom stereocenters. The standard InChI is InChI=1S/C18H19NO4S/c1-14-8-10-17(11-9-14)24(21,22)19-13-16(18(20)23-2)12-15-6-4-3-5-7-15/h3-12,19H,13H2,1-2H3/b16-12-. The first-order valence-electron chi connectivity index (χ1n) is 7.32. The molecule has 0 heterocycles. The number of hydrogen-bond donors (Lipinski definition) is 1. The molecule has 0 aliphatic heterocycles. The van der Waals surface area contributed by atoms with Gasteiger partial charge in [-0.15, -0.1) is 0 Å². The maximum Gasteiger partial charge on any atom is 0.335 e. The molecule has 0 spiro atoms. The quantitative estimate of drug-likeness (QED) is 0.645. The Morgan fingerprint density at radius 3 is 2.29 bits per heavy atom. The average molecular weight is 345 g/mol. The summed E-state index contributed by atoms with van der Waals surface area (Å²) in [4.78, 5) is 12.0. The van der Waals surface area contributed by atoms with E-state index in [4.69, 9.17) is 4.74 Å². The third-order valence-corrected chi connectivity index (χ3v) is 4.79. The van der Waals surface area contributed by atoms with Crippen molar-refractivity contribution in [2.24, 2.45) is 0 Å². The molecule has 1 N–H and O–H groups in total. The van der Waals surface area contributed by atoms with Crippen molar-refractivity contribution in [2.45, 2.75) is 11.8 Å². The molecule has 2 aromatic carbocycles. The number of esters is 1. The highest BCUT2D eigenvalue weighted by molar-refractivity contribution is 7.89. The van der Waals surface area contributed by atoms with Crippen molar-refractivity contribution in [3.05, 3.63) is 71.3 Å². The maximum atomic E-state index is 12.3. The van der Waals surface area contributed by atoms with Crippen LogP contribution >= 0.6 is 0 Å². The fourth-order valence-electron chi connectivity index (χ4n) is 2.04. The van der Waals surface area contributed by atoms with Gasteiger partial charge in [0.25, 0.3) is 0 Å². The van der Waals surface area contributed by atoms with Gasteiger partial charge in [0, 0.05) is 6.54 Å². The van der Waals surface area contributed by atoms with Gasteiger partial charge >= 0.3 is 5.97 Å². The molecule has 2 rings (SSSR count). The molecule has 0 fully saturated rings. The van der Waals surface area contributed by atoms with E-state index in [2.05, 4.69) is 4.72 Å². The van der Waals surface area contributed by atoms with Crippen molar-refractivity contribution in [3.63, 3.8) is 0 Å².